The van der Waals surface area contributed by atoms with Crippen molar-refractivity contribution in [2.75, 3.05) is 6.54 Å². The summed E-state index contributed by atoms with van der Waals surface area (Å²) in [5.74, 6) is -0.268. The van der Waals surface area contributed by atoms with E-state index in [1.54, 1.807) is 0 Å². The molecule has 2 atom stereocenters. The summed E-state index contributed by atoms with van der Waals surface area (Å²) in [5.41, 5.74) is 10.5. The number of amides is 2. The minimum Gasteiger partial charge on any atom is -0.460 e. The molecule has 0 aromatic heterocycles. The quantitative estimate of drug-likeness (QED) is 0.513. The number of nitrogens with two attached hydrogens (primary N) is 2. The van der Waals surface area contributed by atoms with Crippen molar-refractivity contribution in [2.24, 2.45) is 22.3 Å². The molecule has 0 aromatic rings. The van der Waals surface area contributed by atoms with Crippen molar-refractivity contribution in [3.05, 3.63) is 0 Å². The SMILES string of the molecule is CC(C)(C)C(=O)OC(CCCNC(N)=O)C(N)C(C)(C)C. The van der Waals surface area contributed by atoms with Gasteiger partial charge in [0.15, 0.2) is 0 Å². The zero-order valence-corrected chi connectivity index (χ0v) is 14.2. The Bertz CT molecular complexity index is 356. The third-order valence-electron chi connectivity index (χ3n) is 3.24. The number of primary amides is 1. The van der Waals surface area contributed by atoms with Crippen molar-refractivity contribution in [3.63, 3.8) is 0 Å². The number of urea groups is 1. The maximum absolute atomic E-state index is 12.1. The van der Waals surface area contributed by atoms with Gasteiger partial charge in [0, 0.05) is 12.6 Å². The maximum atomic E-state index is 12.1. The molecule has 124 valence electrons. The van der Waals surface area contributed by atoms with Crippen LogP contribution in [0.1, 0.15) is 54.4 Å². The minimum atomic E-state index is -0.568. The summed E-state index contributed by atoms with van der Waals surface area (Å²) in [4.78, 5) is 22.7. The zero-order valence-electron chi connectivity index (χ0n) is 14.2. The molecule has 0 rings (SSSR count). The lowest BCUT2D eigenvalue weighted by Crippen LogP contribution is -2.48. The Balaban J connectivity index is 4.70. The number of nitrogens with one attached hydrogen (secondary N) is 1. The smallest absolute Gasteiger partial charge is 0.312 e. The molecule has 0 saturated heterocycles. The molecule has 0 radical (unpaired) electrons. The van der Waals surface area contributed by atoms with Gasteiger partial charge in [0.2, 0.25) is 0 Å². The number of hydrogen-bond donors (Lipinski definition) is 3. The summed E-state index contributed by atoms with van der Waals surface area (Å²) in [7, 11) is 0. The summed E-state index contributed by atoms with van der Waals surface area (Å²) < 4.78 is 5.60. The van der Waals surface area contributed by atoms with E-state index in [0.29, 0.717) is 19.4 Å². The molecule has 6 nitrogen and oxygen atoms in total. The minimum absolute atomic E-state index is 0.181. The fourth-order valence-corrected chi connectivity index (χ4v) is 1.70. The van der Waals surface area contributed by atoms with Crippen molar-refractivity contribution in [2.45, 2.75) is 66.5 Å². The standard InChI is InChI=1S/C15H31N3O3/c1-14(2,3)11(16)10(8-7-9-18-13(17)20)21-12(19)15(4,5)6/h10-11H,7-9,16H2,1-6H3,(H3,17,18,20). The van der Waals surface area contributed by atoms with Gasteiger partial charge in [0.25, 0.3) is 0 Å². The van der Waals surface area contributed by atoms with Gasteiger partial charge in [-0.05, 0) is 39.0 Å². The predicted molar refractivity (Wildman–Crippen MR) is 83.6 cm³/mol. The van der Waals surface area contributed by atoms with Crippen LogP contribution in [0.5, 0.6) is 0 Å². The van der Waals surface area contributed by atoms with E-state index < -0.39 is 11.4 Å². The maximum Gasteiger partial charge on any atom is 0.312 e. The second-order valence-corrected chi connectivity index (χ2v) is 7.52. The Hall–Kier alpha value is -1.30. The molecule has 2 amide bonds. The molecule has 5 N–H and O–H groups in total. The van der Waals surface area contributed by atoms with Crippen molar-refractivity contribution in [1.29, 1.82) is 0 Å². The number of esters is 1. The largest absolute Gasteiger partial charge is 0.460 e. The van der Waals surface area contributed by atoms with Crippen LogP contribution in [0.2, 0.25) is 0 Å². The van der Waals surface area contributed by atoms with Gasteiger partial charge in [-0.1, -0.05) is 20.8 Å². The summed E-state index contributed by atoms with van der Waals surface area (Å²) >= 11 is 0. The van der Waals surface area contributed by atoms with Gasteiger partial charge < -0.3 is 21.5 Å². The average molecular weight is 301 g/mol. The second kappa shape index (κ2) is 7.64. The lowest BCUT2D eigenvalue weighted by atomic mass is 9.82. The van der Waals surface area contributed by atoms with Crippen LogP contribution in [-0.4, -0.2) is 30.7 Å². The predicted octanol–water partition coefficient (Wildman–Crippen LogP) is 1.77. The Morgan fingerprint density at radius 1 is 1.14 bits per heavy atom. The Kier molecular flexibility index (Phi) is 7.16. The van der Waals surface area contributed by atoms with Crippen LogP contribution in [-0.2, 0) is 9.53 Å². The molecule has 0 saturated carbocycles. The van der Waals surface area contributed by atoms with Gasteiger partial charge in [-0.2, -0.15) is 0 Å². The molecule has 0 fully saturated rings. The zero-order chi connectivity index (χ0) is 16.8. The fraction of sp³-hybridized carbons (Fsp3) is 0.867. The lowest BCUT2D eigenvalue weighted by molar-refractivity contribution is -0.161. The first-order valence-corrected chi connectivity index (χ1v) is 7.35. The molecule has 0 aliphatic heterocycles. The molecule has 0 aromatic carbocycles. The van der Waals surface area contributed by atoms with E-state index in [9.17, 15) is 9.59 Å². The number of carbonyl (C=O) groups is 2. The van der Waals surface area contributed by atoms with Crippen LogP contribution in [0.15, 0.2) is 0 Å². The highest BCUT2D eigenvalue weighted by Gasteiger charge is 2.34. The van der Waals surface area contributed by atoms with Crippen LogP contribution < -0.4 is 16.8 Å². The van der Waals surface area contributed by atoms with E-state index in [1.807, 2.05) is 41.5 Å². The molecule has 0 heterocycles. The highest BCUT2D eigenvalue weighted by molar-refractivity contribution is 5.75. The van der Waals surface area contributed by atoms with Crippen molar-refractivity contribution in [3.8, 4) is 0 Å². The molecular formula is C15H31N3O3. The monoisotopic (exact) mass is 301 g/mol. The number of ether oxygens (including phenoxy) is 1. The van der Waals surface area contributed by atoms with Gasteiger partial charge >= 0.3 is 12.0 Å². The third-order valence-corrected chi connectivity index (χ3v) is 3.24. The van der Waals surface area contributed by atoms with Gasteiger partial charge in [-0.15, -0.1) is 0 Å². The molecule has 21 heavy (non-hydrogen) atoms. The van der Waals surface area contributed by atoms with Crippen LogP contribution in [0.25, 0.3) is 0 Å². The lowest BCUT2D eigenvalue weighted by Gasteiger charge is -2.35. The summed E-state index contributed by atoms with van der Waals surface area (Å²) in [6.45, 7) is 11.9. The van der Waals surface area contributed by atoms with E-state index in [0.717, 1.165) is 0 Å². The molecule has 0 spiro atoms. The topological polar surface area (TPSA) is 107 Å². The first-order valence-electron chi connectivity index (χ1n) is 7.35. The first kappa shape index (κ1) is 19.7. The Morgan fingerprint density at radius 3 is 2.05 bits per heavy atom. The highest BCUT2D eigenvalue weighted by Crippen LogP contribution is 2.26. The number of rotatable bonds is 6. The van der Waals surface area contributed by atoms with Crippen molar-refractivity contribution >= 4 is 12.0 Å². The summed E-state index contributed by atoms with van der Waals surface area (Å²) in [6, 6.07) is -0.837. The summed E-state index contributed by atoms with van der Waals surface area (Å²) in [5, 5.41) is 2.52. The van der Waals surface area contributed by atoms with Crippen LogP contribution >= 0.6 is 0 Å². The van der Waals surface area contributed by atoms with Gasteiger partial charge in [-0.25, -0.2) is 4.79 Å². The van der Waals surface area contributed by atoms with E-state index in [-0.39, 0.29) is 23.5 Å². The average Bonchev–Trinajstić information content (AvgIpc) is 2.29. The van der Waals surface area contributed by atoms with Crippen molar-refractivity contribution in [1.82, 2.24) is 5.32 Å². The van der Waals surface area contributed by atoms with Gasteiger partial charge in [-0.3, -0.25) is 4.79 Å². The molecular weight excluding hydrogens is 270 g/mol. The normalized spacial score (nSPS) is 15.2. The van der Waals surface area contributed by atoms with Crippen LogP contribution in [0.4, 0.5) is 4.79 Å². The van der Waals surface area contributed by atoms with Crippen LogP contribution in [0.3, 0.4) is 0 Å². The van der Waals surface area contributed by atoms with Gasteiger partial charge in [0.1, 0.15) is 6.10 Å². The molecule has 6 heteroatoms. The third kappa shape index (κ3) is 7.90. The number of hydrogen-bond acceptors (Lipinski definition) is 4. The summed E-state index contributed by atoms with van der Waals surface area (Å²) in [6.07, 6.45) is 0.849. The second-order valence-electron chi connectivity index (χ2n) is 7.52. The van der Waals surface area contributed by atoms with Crippen molar-refractivity contribution < 1.29 is 14.3 Å². The van der Waals surface area contributed by atoms with Gasteiger partial charge in [0.05, 0.1) is 5.41 Å². The molecule has 0 aliphatic carbocycles. The van der Waals surface area contributed by atoms with E-state index in [4.69, 9.17) is 16.2 Å². The van der Waals surface area contributed by atoms with E-state index in [2.05, 4.69) is 5.32 Å². The fourth-order valence-electron chi connectivity index (χ4n) is 1.70. The molecule has 0 bridgehead atoms. The van der Waals surface area contributed by atoms with Crippen LogP contribution in [0, 0.1) is 10.8 Å². The highest BCUT2D eigenvalue weighted by atomic mass is 16.5. The Morgan fingerprint density at radius 2 is 1.67 bits per heavy atom. The Labute approximate surface area is 128 Å². The number of carbonyl (C=O) groups excluding carboxylic acids is 2. The molecule has 0 aliphatic rings. The van der Waals surface area contributed by atoms with E-state index >= 15 is 0 Å². The first-order chi connectivity index (χ1) is 9.35. The van der Waals surface area contributed by atoms with E-state index in [1.165, 1.54) is 0 Å². The molecule has 2 unspecified atom stereocenters.